The fourth-order valence-corrected chi connectivity index (χ4v) is 3.76. The molecular formula is C14H16FNO2S. The lowest BCUT2D eigenvalue weighted by Gasteiger charge is -2.22. The number of hydrogen-bond acceptors (Lipinski definition) is 3. The second-order valence-corrected chi connectivity index (χ2v) is 7.23. The van der Waals surface area contributed by atoms with Crippen LogP contribution in [0.15, 0.2) is 35.7 Å². The smallest absolute Gasteiger partial charge is 0.173 e. The molecule has 1 fully saturated rings. The molecule has 0 spiro atoms. The van der Waals surface area contributed by atoms with E-state index >= 15 is 0 Å². The highest BCUT2D eigenvalue weighted by molar-refractivity contribution is 7.94. The molecule has 1 aliphatic carbocycles. The van der Waals surface area contributed by atoms with Crippen LogP contribution in [0.25, 0.3) is 0 Å². The lowest BCUT2D eigenvalue weighted by atomic mass is 10.0. The zero-order valence-corrected chi connectivity index (χ0v) is 11.2. The van der Waals surface area contributed by atoms with Crippen molar-refractivity contribution in [2.24, 2.45) is 5.92 Å². The SMILES string of the molecule is O=S1(=O)C=CC(NC(c2ccc(F)cc2)C2CC2)C1. The van der Waals surface area contributed by atoms with Crippen molar-refractivity contribution < 1.29 is 12.8 Å². The second-order valence-electron chi connectivity index (χ2n) is 5.30. The van der Waals surface area contributed by atoms with Crippen LogP contribution in [0.4, 0.5) is 4.39 Å². The van der Waals surface area contributed by atoms with Crippen LogP contribution in [0.3, 0.4) is 0 Å². The number of nitrogens with one attached hydrogen (secondary N) is 1. The van der Waals surface area contributed by atoms with Gasteiger partial charge in [0.25, 0.3) is 0 Å². The number of hydrogen-bond donors (Lipinski definition) is 1. The van der Waals surface area contributed by atoms with Crippen LogP contribution in [0.5, 0.6) is 0 Å². The van der Waals surface area contributed by atoms with Gasteiger partial charge in [0.1, 0.15) is 5.82 Å². The van der Waals surface area contributed by atoms with Crippen LogP contribution in [0, 0.1) is 11.7 Å². The minimum Gasteiger partial charge on any atom is -0.302 e. The fourth-order valence-electron chi connectivity index (χ4n) is 2.51. The Labute approximate surface area is 112 Å². The van der Waals surface area contributed by atoms with Gasteiger partial charge in [0, 0.05) is 17.5 Å². The molecule has 0 saturated heterocycles. The lowest BCUT2D eigenvalue weighted by Crippen LogP contribution is -2.34. The van der Waals surface area contributed by atoms with Crippen molar-refractivity contribution in [1.82, 2.24) is 5.32 Å². The Kier molecular flexibility index (Phi) is 3.19. The lowest BCUT2D eigenvalue weighted by molar-refractivity contribution is 0.457. The number of halogens is 1. The Morgan fingerprint density at radius 2 is 1.89 bits per heavy atom. The Hall–Kier alpha value is -1.20. The Morgan fingerprint density at radius 3 is 2.42 bits per heavy atom. The second kappa shape index (κ2) is 4.72. The van der Waals surface area contributed by atoms with Crippen LogP contribution < -0.4 is 5.32 Å². The summed E-state index contributed by atoms with van der Waals surface area (Å²) in [6.07, 6.45) is 3.98. The summed E-state index contributed by atoms with van der Waals surface area (Å²) < 4.78 is 35.8. The predicted octanol–water partition coefficient (Wildman–Crippen LogP) is 2.18. The third-order valence-electron chi connectivity index (χ3n) is 3.65. The molecule has 19 heavy (non-hydrogen) atoms. The first-order chi connectivity index (χ1) is 9.03. The minimum atomic E-state index is -3.04. The van der Waals surface area contributed by atoms with E-state index in [-0.39, 0.29) is 23.7 Å². The van der Waals surface area contributed by atoms with E-state index in [1.165, 1.54) is 17.5 Å². The van der Waals surface area contributed by atoms with E-state index in [1.807, 2.05) is 0 Å². The summed E-state index contributed by atoms with van der Waals surface area (Å²) >= 11 is 0. The average Bonchev–Trinajstić information content (AvgIpc) is 3.13. The first-order valence-electron chi connectivity index (χ1n) is 6.46. The van der Waals surface area contributed by atoms with Crippen LogP contribution >= 0.6 is 0 Å². The monoisotopic (exact) mass is 281 g/mol. The maximum atomic E-state index is 13.0. The van der Waals surface area contributed by atoms with Gasteiger partial charge in [-0.05, 0) is 36.5 Å². The molecule has 1 aliphatic heterocycles. The molecule has 2 atom stereocenters. The molecule has 0 aromatic heterocycles. The Morgan fingerprint density at radius 1 is 1.21 bits per heavy atom. The summed E-state index contributed by atoms with van der Waals surface area (Å²) in [6, 6.07) is 6.43. The van der Waals surface area contributed by atoms with Gasteiger partial charge < -0.3 is 5.32 Å². The van der Waals surface area contributed by atoms with Crippen molar-refractivity contribution in [3.63, 3.8) is 0 Å². The summed E-state index contributed by atoms with van der Waals surface area (Å²) in [5, 5.41) is 4.66. The molecule has 0 bridgehead atoms. The maximum Gasteiger partial charge on any atom is 0.173 e. The van der Waals surface area contributed by atoms with Gasteiger partial charge in [-0.3, -0.25) is 0 Å². The van der Waals surface area contributed by atoms with Crippen molar-refractivity contribution in [2.75, 3.05) is 5.75 Å². The zero-order chi connectivity index (χ0) is 13.5. The quantitative estimate of drug-likeness (QED) is 0.920. The topological polar surface area (TPSA) is 46.2 Å². The summed E-state index contributed by atoms with van der Waals surface area (Å²) in [6.45, 7) is 0. The van der Waals surface area contributed by atoms with Gasteiger partial charge in [0.15, 0.2) is 9.84 Å². The highest BCUT2D eigenvalue weighted by atomic mass is 32.2. The molecule has 1 aromatic rings. The van der Waals surface area contributed by atoms with Gasteiger partial charge in [-0.1, -0.05) is 18.2 Å². The molecule has 102 valence electrons. The molecule has 0 amide bonds. The van der Waals surface area contributed by atoms with Gasteiger partial charge in [-0.15, -0.1) is 0 Å². The molecule has 3 nitrogen and oxygen atoms in total. The van der Waals surface area contributed by atoms with Gasteiger partial charge in [-0.25, -0.2) is 12.8 Å². The van der Waals surface area contributed by atoms with E-state index in [1.54, 1.807) is 18.2 Å². The third-order valence-corrected chi connectivity index (χ3v) is 5.04. The molecule has 1 saturated carbocycles. The van der Waals surface area contributed by atoms with E-state index in [9.17, 15) is 12.8 Å². The molecule has 3 rings (SSSR count). The summed E-state index contributed by atoms with van der Waals surface area (Å²) in [7, 11) is -3.04. The number of sulfone groups is 1. The molecule has 1 heterocycles. The van der Waals surface area contributed by atoms with Crippen LogP contribution in [0.2, 0.25) is 0 Å². The normalized spacial score (nSPS) is 26.5. The first kappa shape index (κ1) is 12.8. The molecule has 5 heteroatoms. The maximum absolute atomic E-state index is 13.0. The zero-order valence-electron chi connectivity index (χ0n) is 10.4. The number of benzene rings is 1. The molecule has 2 unspecified atom stereocenters. The standard InChI is InChI=1S/C14H16FNO2S/c15-12-5-3-11(4-6-12)14(10-1-2-10)16-13-7-8-19(17,18)9-13/h3-8,10,13-14,16H,1-2,9H2. The van der Waals surface area contributed by atoms with Gasteiger partial charge in [0.2, 0.25) is 0 Å². The summed E-state index contributed by atoms with van der Waals surface area (Å²) in [5.41, 5.74) is 1.03. The van der Waals surface area contributed by atoms with Crippen LogP contribution in [0.1, 0.15) is 24.4 Å². The van der Waals surface area contributed by atoms with E-state index in [2.05, 4.69) is 5.32 Å². The van der Waals surface area contributed by atoms with Crippen molar-refractivity contribution >= 4 is 9.84 Å². The molecule has 0 radical (unpaired) electrons. The van der Waals surface area contributed by atoms with E-state index in [0.29, 0.717) is 5.92 Å². The molecular weight excluding hydrogens is 265 g/mol. The van der Waals surface area contributed by atoms with Crippen molar-refractivity contribution in [2.45, 2.75) is 24.9 Å². The van der Waals surface area contributed by atoms with Crippen molar-refractivity contribution in [1.29, 1.82) is 0 Å². The average molecular weight is 281 g/mol. The summed E-state index contributed by atoms with van der Waals surface area (Å²) in [5.74, 6) is 0.404. The van der Waals surface area contributed by atoms with Crippen LogP contribution in [-0.4, -0.2) is 20.2 Å². The highest BCUT2D eigenvalue weighted by Gasteiger charge is 2.34. The third kappa shape index (κ3) is 3.04. The van der Waals surface area contributed by atoms with Gasteiger partial charge in [0.05, 0.1) is 5.75 Å². The van der Waals surface area contributed by atoms with Crippen molar-refractivity contribution in [3.8, 4) is 0 Å². The van der Waals surface area contributed by atoms with Crippen LogP contribution in [-0.2, 0) is 9.84 Å². The largest absolute Gasteiger partial charge is 0.302 e. The number of rotatable bonds is 4. The predicted molar refractivity (Wildman–Crippen MR) is 71.7 cm³/mol. The van der Waals surface area contributed by atoms with E-state index in [0.717, 1.165) is 18.4 Å². The Bertz CT molecular complexity index is 590. The molecule has 1 aromatic carbocycles. The molecule has 2 aliphatic rings. The van der Waals surface area contributed by atoms with Gasteiger partial charge in [-0.2, -0.15) is 0 Å². The first-order valence-corrected chi connectivity index (χ1v) is 8.17. The van der Waals surface area contributed by atoms with Crippen molar-refractivity contribution in [3.05, 3.63) is 47.1 Å². The Balaban J connectivity index is 1.75. The highest BCUT2D eigenvalue weighted by Crippen LogP contribution is 2.41. The summed E-state index contributed by atoms with van der Waals surface area (Å²) in [4.78, 5) is 0. The minimum absolute atomic E-state index is 0.114. The van der Waals surface area contributed by atoms with E-state index in [4.69, 9.17) is 0 Å². The van der Waals surface area contributed by atoms with E-state index < -0.39 is 9.84 Å². The molecule has 1 N–H and O–H groups in total. The van der Waals surface area contributed by atoms with Gasteiger partial charge >= 0.3 is 0 Å². The fraction of sp³-hybridized carbons (Fsp3) is 0.429.